The molecular weight excluding hydrogens is 305 g/mol. The average Bonchev–Trinajstić information content (AvgIpc) is 1.82. The van der Waals surface area contributed by atoms with Gasteiger partial charge in [-0.15, -0.1) is 0 Å². The molecule has 0 unspecified atom stereocenters. The summed E-state index contributed by atoms with van der Waals surface area (Å²) in [5, 5.41) is 0. The SMILES string of the molecule is Cc1cc(I)nc(Br)c1C. The first kappa shape index (κ1) is 8.46. The van der Waals surface area contributed by atoms with Gasteiger partial charge in [-0.25, -0.2) is 4.98 Å². The quantitative estimate of drug-likeness (QED) is 0.530. The van der Waals surface area contributed by atoms with E-state index < -0.39 is 0 Å². The van der Waals surface area contributed by atoms with E-state index in [1.165, 1.54) is 11.1 Å². The lowest BCUT2D eigenvalue weighted by Gasteiger charge is -2.01. The molecule has 0 aromatic carbocycles. The molecule has 3 heteroatoms. The summed E-state index contributed by atoms with van der Waals surface area (Å²) in [5.41, 5.74) is 2.51. The van der Waals surface area contributed by atoms with Crippen LogP contribution in [0.1, 0.15) is 11.1 Å². The number of aryl methyl sites for hydroxylation is 1. The van der Waals surface area contributed by atoms with Crippen molar-refractivity contribution < 1.29 is 0 Å². The van der Waals surface area contributed by atoms with Gasteiger partial charge in [0.1, 0.15) is 8.30 Å². The highest BCUT2D eigenvalue weighted by Gasteiger charge is 2.00. The molecule has 0 aliphatic carbocycles. The van der Waals surface area contributed by atoms with Gasteiger partial charge in [-0.3, -0.25) is 0 Å². The Balaban J connectivity index is 3.31. The molecule has 0 bridgehead atoms. The van der Waals surface area contributed by atoms with Crippen LogP contribution in [-0.2, 0) is 0 Å². The van der Waals surface area contributed by atoms with E-state index in [1.54, 1.807) is 0 Å². The summed E-state index contributed by atoms with van der Waals surface area (Å²) in [5.74, 6) is 0. The maximum atomic E-state index is 4.24. The molecule has 10 heavy (non-hydrogen) atoms. The molecule has 0 N–H and O–H groups in total. The maximum absolute atomic E-state index is 4.24. The molecule has 1 aromatic heterocycles. The fraction of sp³-hybridized carbons (Fsp3) is 0.286. The van der Waals surface area contributed by atoms with Gasteiger partial charge in [-0.1, -0.05) is 0 Å². The van der Waals surface area contributed by atoms with E-state index in [2.05, 4.69) is 63.4 Å². The Labute approximate surface area is 82.5 Å². The summed E-state index contributed by atoms with van der Waals surface area (Å²) in [6.07, 6.45) is 0. The zero-order valence-electron chi connectivity index (χ0n) is 5.78. The molecule has 0 spiro atoms. The monoisotopic (exact) mass is 311 g/mol. The van der Waals surface area contributed by atoms with Crippen molar-refractivity contribution in [1.29, 1.82) is 0 Å². The molecule has 0 radical (unpaired) electrons. The molecule has 0 atom stereocenters. The Kier molecular flexibility index (Phi) is 2.68. The highest BCUT2D eigenvalue weighted by molar-refractivity contribution is 14.1. The van der Waals surface area contributed by atoms with Crippen LogP contribution in [0.5, 0.6) is 0 Å². The third kappa shape index (κ3) is 1.69. The van der Waals surface area contributed by atoms with Crippen LogP contribution in [0.4, 0.5) is 0 Å². The number of rotatable bonds is 0. The molecule has 1 heterocycles. The van der Waals surface area contributed by atoms with Gasteiger partial charge in [0.05, 0.1) is 0 Å². The summed E-state index contributed by atoms with van der Waals surface area (Å²) in [4.78, 5) is 4.24. The number of aromatic nitrogens is 1. The third-order valence-corrected chi connectivity index (χ3v) is 2.77. The van der Waals surface area contributed by atoms with Crippen LogP contribution in [0.25, 0.3) is 0 Å². The minimum atomic E-state index is 0.955. The summed E-state index contributed by atoms with van der Waals surface area (Å²) < 4.78 is 1.99. The standard InChI is InChI=1S/C7H7BrIN/c1-4-3-6(9)10-7(8)5(4)2/h3H,1-2H3. The minimum Gasteiger partial charge on any atom is -0.235 e. The van der Waals surface area contributed by atoms with Crippen molar-refractivity contribution >= 4 is 38.5 Å². The highest BCUT2D eigenvalue weighted by Crippen LogP contribution is 2.18. The van der Waals surface area contributed by atoms with Crippen molar-refractivity contribution in [2.45, 2.75) is 13.8 Å². The van der Waals surface area contributed by atoms with Gasteiger partial charge in [-0.05, 0) is 69.6 Å². The lowest BCUT2D eigenvalue weighted by molar-refractivity contribution is 1.14. The first-order chi connectivity index (χ1) is 4.61. The molecule has 0 saturated heterocycles. The van der Waals surface area contributed by atoms with Gasteiger partial charge >= 0.3 is 0 Å². The van der Waals surface area contributed by atoms with Crippen molar-refractivity contribution in [1.82, 2.24) is 4.98 Å². The van der Waals surface area contributed by atoms with Crippen LogP contribution in [0, 0.1) is 17.5 Å². The third-order valence-electron chi connectivity index (χ3n) is 1.44. The zero-order valence-corrected chi connectivity index (χ0v) is 9.52. The van der Waals surface area contributed by atoms with E-state index in [0.29, 0.717) is 0 Å². The molecule has 54 valence electrons. The van der Waals surface area contributed by atoms with Gasteiger partial charge < -0.3 is 0 Å². The van der Waals surface area contributed by atoms with Crippen LogP contribution in [0.2, 0.25) is 0 Å². The Hall–Kier alpha value is 0.360. The first-order valence-electron chi connectivity index (χ1n) is 2.90. The van der Waals surface area contributed by atoms with Crippen LogP contribution in [-0.4, -0.2) is 4.98 Å². The smallest absolute Gasteiger partial charge is 0.110 e. The predicted octanol–water partition coefficient (Wildman–Crippen LogP) is 3.07. The number of nitrogens with zero attached hydrogens (tertiary/aromatic N) is 1. The van der Waals surface area contributed by atoms with E-state index in [-0.39, 0.29) is 0 Å². The minimum absolute atomic E-state index is 0.955. The summed E-state index contributed by atoms with van der Waals surface area (Å²) in [6, 6.07) is 2.07. The van der Waals surface area contributed by atoms with Gasteiger partial charge in [0.2, 0.25) is 0 Å². The molecule has 0 amide bonds. The molecule has 0 aliphatic rings. The maximum Gasteiger partial charge on any atom is 0.110 e. The summed E-state index contributed by atoms with van der Waals surface area (Å²) >= 11 is 5.59. The molecule has 1 nitrogen and oxygen atoms in total. The second-order valence-corrected chi connectivity index (χ2v) is 4.03. The first-order valence-corrected chi connectivity index (χ1v) is 4.77. The van der Waals surface area contributed by atoms with Crippen LogP contribution in [0.3, 0.4) is 0 Å². The van der Waals surface area contributed by atoms with E-state index in [4.69, 9.17) is 0 Å². The lowest BCUT2D eigenvalue weighted by atomic mass is 10.2. The average molecular weight is 312 g/mol. The van der Waals surface area contributed by atoms with E-state index >= 15 is 0 Å². The Bertz CT molecular complexity index is 237. The predicted molar refractivity (Wildman–Crippen MR) is 54.1 cm³/mol. The van der Waals surface area contributed by atoms with Crippen molar-refractivity contribution in [2.75, 3.05) is 0 Å². The van der Waals surface area contributed by atoms with Crippen molar-refractivity contribution in [3.63, 3.8) is 0 Å². The number of hydrogen-bond donors (Lipinski definition) is 0. The largest absolute Gasteiger partial charge is 0.235 e. The van der Waals surface area contributed by atoms with E-state index in [9.17, 15) is 0 Å². The zero-order chi connectivity index (χ0) is 7.72. The van der Waals surface area contributed by atoms with E-state index in [0.717, 1.165) is 8.30 Å². The fourth-order valence-electron chi connectivity index (χ4n) is 0.660. The molecule has 0 saturated carbocycles. The van der Waals surface area contributed by atoms with E-state index in [1.807, 2.05) is 0 Å². The van der Waals surface area contributed by atoms with Gasteiger partial charge in [0, 0.05) is 0 Å². The molecule has 1 rings (SSSR count). The second-order valence-electron chi connectivity index (χ2n) is 2.18. The Morgan fingerprint density at radius 1 is 1.50 bits per heavy atom. The lowest BCUT2D eigenvalue weighted by Crippen LogP contribution is -1.89. The number of halogens is 2. The normalized spacial score (nSPS) is 10.0. The topological polar surface area (TPSA) is 12.9 Å². The summed E-state index contributed by atoms with van der Waals surface area (Å²) in [7, 11) is 0. The van der Waals surface area contributed by atoms with Gasteiger partial charge in [-0.2, -0.15) is 0 Å². The van der Waals surface area contributed by atoms with Gasteiger partial charge in [0.15, 0.2) is 0 Å². The van der Waals surface area contributed by atoms with Crippen molar-refractivity contribution in [3.05, 3.63) is 25.5 Å². The number of hydrogen-bond acceptors (Lipinski definition) is 1. The second kappa shape index (κ2) is 3.17. The Morgan fingerprint density at radius 3 is 2.60 bits per heavy atom. The molecular formula is C7H7BrIN. The van der Waals surface area contributed by atoms with Crippen LogP contribution in [0.15, 0.2) is 10.7 Å². The molecule has 1 aromatic rings. The number of pyridine rings is 1. The van der Waals surface area contributed by atoms with Crippen molar-refractivity contribution in [2.24, 2.45) is 0 Å². The molecule has 0 fully saturated rings. The fourth-order valence-corrected chi connectivity index (χ4v) is 2.20. The molecule has 0 aliphatic heterocycles. The van der Waals surface area contributed by atoms with Crippen LogP contribution >= 0.6 is 38.5 Å². The van der Waals surface area contributed by atoms with Crippen LogP contribution < -0.4 is 0 Å². The van der Waals surface area contributed by atoms with Gasteiger partial charge in [0.25, 0.3) is 0 Å². The van der Waals surface area contributed by atoms with Crippen molar-refractivity contribution in [3.8, 4) is 0 Å². The highest BCUT2D eigenvalue weighted by atomic mass is 127. The summed E-state index contributed by atoms with van der Waals surface area (Å²) in [6.45, 7) is 4.15. The Morgan fingerprint density at radius 2 is 2.10 bits per heavy atom.